The largest absolute Gasteiger partial charge is 0.369 e. The molecule has 0 bridgehead atoms. The van der Waals surface area contributed by atoms with Gasteiger partial charge in [-0.2, -0.15) is 4.37 Å². The molecule has 0 spiro atoms. The van der Waals surface area contributed by atoms with E-state index in [1.165, 1.54) is 6.07 Å². The van der Waals surface area contributed by atoms with Gasteiger partial charge in [0.05, 0.1) is 0 Å². The lowest BCUT2D eigenvalue weighted by Gasteiger charge is -2.11. The molecule has 0 aliphatic carbocycles. The maximum Gasteiger partial charge on any atom is 0.267 e. The summed E-state index contributed by atoms with van der Waals surface area (Å²) in [5, 5.41) is 3.23. The molecular formula is C11H14BrN5O2S2. The highest BCUT2D eigenvalue weighted by Gasteiger charge is 2.22. The molecule has 0 atom stereocenters. The molecule has 0 saturated carbocycles. The lowest BCUT2D eigenvalue weighted by atomic mass is 10.4. The Morgan fingerprint density at radius 3 is 2.81 bits per heavy atom. The quantitative estimate of drug-likeness (QED) is 0.785. The second kappa shape index (κ2) is 6.67. The Kier molecular flexibility index (Phi) is 5.12. The third kappa shape index (κ3) is 4.11. The molecule has 0 fully saturated rings. The van der Waals surface area contributed by atoms with Crippen LogP contribution in [0.15, 0.2) is 21.6 Å². The van der Waals surface area contributed by atoms with Crippen molar-refractivity contribution in [3.05, 3.63) is 22.6 Å². The van der Waals surface area contributed by atoms with Gasteiger partial charge >= 0.3 is 0 Å². The summed E-state index contributed by atoms with van der Waals surface area (Å²) in [6.07, 6.45) is 2.41. The highest BCUT2D eigenvalue weighted by atomic mass is 79.9. The molecule has 2 aromatic heterocycles. The fourth-order valence-corrected chi connectivity index (χ4v) is 3.95. The van der Waals surface area contributed by atoms with E-state index in [0.29, 0.717) is 22.7 Å². The standard InChI is InChI=1S/C11H14BrN5O2S2/c1-3-4-13-10-9(5-8(12)6-14-10)21(18,19)17-11-15-7(2)16-20-11/h5-6H,3-4H2,1-2H3,(H,13,14)(H,15,16,17). The topological polar surface area (TPSA) is 96.9 Å². The number of hydrogen-bond acceptors (Lipinski definition) is 7. The Hall–Kier alpha value is -1.26. The summed E-state index contributed by atoms with van der Waals surface area (Å²) in [7, 11) is -3.78. The molecule has 0 aliphatic heterocycles. The average Bonchev–Trinajstić information content (AvgIpc) is 2.82. The van der Waals surface area contributed by atoms with Crippen LogP contribution in [0, 0.1) is 6.92 Å². The molecule has 2 aromatic rings. The van der Waals surface area contributed by atoms with Gasteiger partial charge in [-0.3, -0.25) is 4.72 Å². The summed E-state index contributed by atoms with van der Waals surface area (Å²) in [5.74, 6) is 0.836. The van der Waals surface area contributed by atoms with Crippen LogP contribution in [0.1, 0.15) is 19.2 Å². The highest BCUT2D eigenvalue weighted by molar-refractivity contribution is 9.10. The number of rotatable bonds is 6. The Bertz CT molecular complexity index is 732. The second-order valence-electron chi connectivity index (χ2n) is 4.18. The minimum absolute atomic E-state index is 0.0678. The zero-order chi connectivity index (χ0) is 15.5. The average molecular weight is 392 g/mol. The summed E-state index contributed by atoms with van der Waals surface area (Å²) >= 11 is 4.23. The number of nitrogens with one attached hydrogen (secondary N) is 2. The summed E-state index contributed by atoms with van der Waals surface area (Å²) in [5.41, 5.74) is 0. The van der Waals surface area contributed by atoms with E-state index in [9.17, 15) is 8.42 Å². The van der Waals surface area contributed by atoms with Gasteiger partial charge in [-0.05, 0) is 35.3 Å². The highest BCUT2D eigenvalue weighted by Crippen LogP contribution is 2.25. The van der Waals surface area contributed by atoms with Gasteiger partial charge in [0.2, 0.25) is 5.13 Å². The van der Waals surface area contributed by atoms with Gasteiger partial charge in [-0.1, -0.05) is 6.92 Å². The fourth-order valence-electron chi connectivity index (χ4n) is 1.51. The second-order valence-corrected chi connectivity index (χ2v) is 7.50. The minimum atomic E-state index is -3.78. The maximum atomic E-state index is 12.5. The normalized spacial score (nSPS) is 11.4. The van der Waals surface area contributed by atoms with E-state index >= 15 is 0 Å². The van der Waals surface area contributed by atoms with Gasteiger partial charge in [0.15, 0.2) is 0 Å². The van der Waals surface area contributed by atoms with E-state index in [2.05, 4.69) is 40.3 Å². The van der Waals surface area contributed by atoms with Gasteiger partial charge in [-0.25, -0.2) is 18.4 Å². The number of halogens is 1. The monoisotopic (exact) mass is 391 g/mol. The van der Waals surface area contributed by atoms with Crippen LogP contribution in [-0.4, -0.2) is 29.3 Å². The van der Waals surface area contributed by atoms with Crippen LogP contribution in [-0.2, 0) is 10.0 Å². The molecule has 0 aromatic carbocycles. The van der Waals surface area contributed by atoms with Crippen molar-refractivity contribution in [2.24, 2.45) is 0 Å². The van der Waals surface area contributed by atoms with Crippen molar-refractivity contribution >= 4 is 48.4 Å². The molecule has 7 nitrogen and oxygen atoms in total. The molecule has 0 radical (unpaired) electrons. The van der Waals surface area contributed by atoms with Gasteiger partial charge < -0.3 is 5.32 Å². The van der Waals surface area contributed by atoms with E-state index in [-0.39, 0.29) is 10.0 Å². The Balaban J connectivity index is 2.35. The van der Waals surface area contributed by atoms with Gasteiger partial charge in [0.1, 0.15) is 16.5 Å². The molecule has 114 valence electrons. The van der Waals surface area contributed by atoms with Crippen LogP contribution in [0.25, 0.3) is 0 Å². The van der Waals surface area contributed by atoms with Crippen LogP contribution >= 0.6 is 27.5 Å². The molecule has 0 saturated heterocycles. The summed E-state index contributed by atoms with van der Waals surface area (Å²) in [4.78, 5) is 8.19. The first-order valence-corrected chi connectivity index (χ1v) is 9.20. The smallest absolute Gasteiger partial charge is 0.267 e. The predicted octanol–water partition coefficient (Wildman–Crippen LogP) is 2.63. The number of aromatic nitrogens is 3. The zero-order valence-corrected chi connectivity index (χ0v) is 14.6. The van der Waals surface area contributed by atoms with E-state index in [1.807, 2.05) is 6.92 Å². The van der Waals surface area contributed by atoms with E-state index in [0.717, 1.165) is 18.0 Å². The van der Waals surface area contributed by atoms with Crippen LogP contribution in [0.2, 0.25) is 0 Å². The van der Waals surface area contributed by atoms with Crippen LogP contribution in [0.4, 0.5) is 10.9 Å². The summed E-state index contributed by atoms with van der Waals surface area (Å²) < 4.78 is 31.9. The Morgan fingerprint density at radius 1 is 1.43 bits per heavy atom. The lowest BCUT2D eigenvalue weighted by molar-refractivity contribution is 0.601. The number of pyridine rings is 1. The fraction of sp³-hybridized carbons (Fsp3) is 0.364. The molecule has 21 heavy (non-hydrogen) atoms. The van der Waals surface area contributed by atoms with Gasteiger partial charge in [0, 0.05) is 28.7 Å². The number of sulfonamides is 1. The number of aryl methyl sites for hydroxylation is 1. The molecule has 2 N–H and O–H groups in total. The first kappa shape index (κ1) is 16.1. The van der Waals surface area contributed by atoms with Crippen molar-refractivity contribution in [3.8, 4) is 0 Å². The van der Waals surface area contributed by atoms with E-state index in [4.69, 9.17) is 0 Å². The molecular weight excluding hydrogens is 378 g/mol. The summed E-state index contributed by atoms with van der Waals surface area (Å²) in [6.45, 7) is 4.32. The van der Waals surface area contributed by atoms with Gasteiger partial charge in [0.25, 0.3) is 10.0 Å². The Morgan fingerprint density at radius 2 is 2.19 bits per heavy atom. The van der Waals surface area contributed by atoms with Crippen molar-refractivity contribution < 1.29 is 8.42 Å². The predicted molar refractivity (Wildman–Crippen MR) is 86.2 cm³/mol. The van der Waals surface area contributed by atoms with Crippen LogP contribution in [0.3, 0.4) is 0 Å². The molecule has 2 rings (SSSR count). The minimum Gasteiger partial charge on any atom is -0.369 e. The van der Waals surface area contributed by atoms with E-state index < -0.39 is 10.0 Å². The molecule has 0 amide bonds. The van der Waals surface area contributed by atoms with Crippen molar-refractivity contribution in [1.29, 1.82) is 0 Å². The van der Waals surface area contributed by atoms with Crippen molar-refractivity contribution in [2.75, 3.05) is 16.6 Å². The number of nitrogens with zero attached hydrogens (tertiary/aromatic N) is 3. The van der Waals surface area contributed by atoms with Crippen molar-refractivity contribution in [1.82, 2.24) is 14.3 Å². The van der Waals surface area contributed by atoms with Gasteiger partial charge in [-0.15, -0.1) is 0 Å². The summed E-state index contributed by atoms with van der Waals surface area (Å²) in [6, 6.07) is 1.50. The first-order valence-electron chi connectivity index (χ1n) is 6.15. The number of anilines is 2. The van der Waals surface area contributed by atoms with Crippen LogP contribution < -0.4 is 10.0 Å². The third-order valence-corrected chi connectivity index (χ3v) is 5.04. The lowest BCUT2D eigenvalue weighted by Crippen LogP contribution is -2.16. The van der Waals surface area contributed by atoms with Crippen molar-refractivity contribution in [2.45, 2.75) is 25.2 Å². The Labute approximate surface area is 135 Å². The van der Waals surface area contributed by atoms with Crippen molar-refractivity contribution in [3.63, 3.8) is 0 Å². The molecule has 0 aliphatic rings. The SMILES string of the molecule is CCCNc1ncc(Br)cc1S(=O)(=O)Nc1nc(C)ns1. The first-order chi connectivity index (χ1) is 9.92. The third-order valence-electron chi connectivity index (χ3n) is 2.40. The molecule has 0 unspecified atom stereocenters. The molecule has 2 heterocycles. The van der Waals surface area contributed by atoms with E-state index in [1.54, 1.807) is 13.1 Å². The molecule has 10 heteroatoms. The maximum absolute atomic E-state index is 12.5. The number of hydrogen-bond donors (Lipinski definition) is 2. The van der Waals surface area contributed by atoms with Crippen LogP contribution in [0.5, 0.6) is 0 Å². The zero-order valence-electron chi connectivity index (χ0n) is 11.4.